The van der Waals surface area contributed by atoms with E-state index in [9.17, 15) is 9.59 Å². The molecule has 2 atom stereocenters. The predicted octanol–water partition coefficient (Wildman–Crippen LogP) is 2.98. The molecule has 0 radical (unpaired) electrons. The summed E-state index contributed by atoms with van der Waals surface area (Å²) in [7, 11) is 0. The fourth-order valence-corrected chi connectivity index (χ4v) is 5.98. The minimum atomic E-state index is 0.178. The van der Waals surface area contributed by atoms with Crippen LogP contribution in [0.15, 0.2) is 0 Å². The maximum Gasteiger partial charge on any atom is 0.226 e. The van der Waals surface area contributed by atoms with E-state index in [1.807, 2.05) is 0 Å². The molecule has 2 N–H and O–H groups in total. The van der Waals surface area contributed by atoms with E-state index < -0.39 is 0 Å². The number of hydrogen-bond donors (Lipinski definition) is 2. The summed E-state index contributed by atoms with van der Waals surface area (Å²) in [6, 6.07) is 1.16. The molecule has 0 spiro atoms. The highest BCUT2D eigenvalue weighted by Crippen LogP contribution is 2.34. The van der Waals surface area contributed by atoms with Gasteiger partial charge in [0.05, 0.1) is 0 Å². The van der Waals surface area contributed by atoms with Gasteiger partial charge >= 0.3 is 0 Å². The van der Waals surface area contributed by atoms with E-state index in [2.05, 4.69) is 15.5 Å². The molecule has 2 saturated heterocycles. The van der Waals surface area contributed by atoms with Gasteiger partial charge in [-0.1, -0.05) is 19.3 Å². The highest BCUT2D eigenvalue weighted by atomic mass is 16.2. The average molecular weight is 376 g/mol. The van der Waals surface area contributed by atoms with Gasteiger partial charge in [-0.2, -0.15) is 0 Å². The first-order chi connectivity index (χ1) is 13.2. The van der Waals surface area contributed by atoms with Crippen LogP contribution in [0.4, 0.5) is 0 Å². The Morgan fingerprint density at radius 2 is 1.59 bits per heavy atom. The van der Waals surface area contributed by atoms with Gasteiger partial charge in [0.2, 0.25) is 11.8 Å². The summed E-state index contributed by atoms with van der Waals surface area (Å²) in [5.41, 5.74) is 0. The summed E-state index contributed by atoms with van der Waals surface area (Å²) in [5.74, 6) is 1.42. The Balaban J connectivity index is 1.22. The molecular weight excluding hydrogens is 338 g/mol. The van der Waals surface area contributed by atoms with Crippen molar-refractivity contribution in [3.63, 3.8) is 0 Å². The zero-order valence-electron chi connectivity index (χ0n) is 16.8. The minimum absolute atomic E-state index is 0.178. The Labute approximate surface area is 164 Å². The number of hydrogen-bond acceptors (Lipinski definition) is 3. The van der Waals surface area contributed by atoms with Gasteiger partial charge in [0, 0.05) is 37.0 Å². The first-order valence-corrected chi connectivity index (χ1v) is 11.5. The van der Waals surface area contributed by atoms with Crippen LogP contribution in [0.1, 0.15) is 83.5 Å². The number of amides is 2. The molecule has 27 heavy (non-hydrogen) atoms. The minimum Gasteiger partial charge on any atom is -0.353 e. The predicted molar refractivity (Wildman–Crippen MR) is 106 cm³/mol. The summed E-state index contributed by atoms with van der Waals surface area (Å²) < 4.78 is 0. The normalized spacial score (nSPS) is 34.9. The van der Waals surface area contributed by atoms with Gasteiger partial charge in [-0.05, 0) is 70.3 Å². The van der Waals surface area contributed by atoms with Gasteiger partial charge in [-0.25, -0.2) is 0 Å². The van der Waals surface area contributed by atoms with E-state index in [1.54, 1.807) is 0 Å². The smallest absolute Gasteiger partial charge is 0.226 e. The molecule has 152 valence electrons. The summed E-state index contributed by atoms with van der Waals surface area (Å²) in [6.45, 7) is 2.01. The molecule has 0 aromatic rings. The van der Waals surface area contributed by atoms with Crippen LogP contribution in [-0.4, -0.2) is 47.9 Å². The fraction of sp³-hybridized carbons (Fsp3) is 0.909. The van der Waals surface area contributed by atoms with Crippen LogP contribution < -0.4 is 10.6 Å². The summed E-state index contributed by atoms with van der Waals surface area (Å²) in [5, 5.41) is 6.76. The van der Waals surface area contributed by atoms with Crippen molar-refractivity contribution < 1.29 is 9.59 Å². The molecule has 0 aromatic carbocycles. The molecule has 2 aliphatic carbocycles. The van der Waals surface area contributed by atoms with E-state index in [0.29, 0.717) is 30.3 Å². The third-order valence-electron chi connectivity index (χ3n) is 7.55. The Bertz CT molecular complexity index is 510. The van der Waals surface area contributed by atoms with Gasteiger partial charge in [0.15, 0.2) is 0 Å². The first kappa shape index (κ1) is 19.2. The number of nitrogens with one attached hydrogen (secondary N) is 2. The molecule has 2 amide bonds. The Kier molecular flexibility index (Phi) is 6.36. The Morgan fingerprint density at radius 3 is 2.37 bits per heavy atom. The fourth-order valence-electron chi connectivity index (χ4n) is 5.98. The van der Waals surface area contributed by atoms with Crippen molar-refractivity contribution in [2.24, 2.45) is 11.8 Å². The van der Waals surface area contributed by atoms with Crippen molar-refractivity contribution in [3.05, 3.63) is 0 Å². The number of carbonyl (C=O) groups excluding carboxylic acids is 2. The third-order valence-corrected chi connectivity index (χ3v) is 7.55. The summed E-state index contributed by atoms with van der Waals surface area (Å²) in [6.07, 6.45) is 14.3. The Morgan fingerprint density at radius 1 is 0.852 bits per heavy atom. The van der Waals surface area contributed by atoms with Gasteiger partial charge in [-0.3, -0.25) is 9.59 Å². The Hall–Kier alpha value is -1.10. The second-order valence-corrected chi connectivity index (χ2v) is 9.45. The van der Waals surface area contributed by atoms with Crippen molar-refractivity contribution >= 4 is 11.8 Å². The SMILES string of the molecule is O=C(CC1CCCCC1)NC1CCC(C(=O)N2C3CCNCC2CC3)CC1. The van der Waals surface area contributed by atoms with Crippen LogP contribution in [0.5, 0.6) is 0 Å². The molecule has 2 bridgehead atoms. The number of rotatable bonds is 4. The molecule has 4 fully saturated rings. The zero-order chi connectivity index (χ0) is 18.6. The summed E-state index contributed by atoms with van der Waals surface area (Å²) >= 11 is 0. The van der Waals surface area contributed by atoms with Crippen molar-refractivity contribution in [1.29, 1.82) is 0 Å². The van der Waals surface area contributed by atoms with Crippen LogP contribution in [0.25, 0.3) is 0 Å². The number of carbonyl (C=O) groups is 2. The van der Waals surface area contributed by atoms with Crippen LogP contribution in [-0.2, 0) is 9.59 Å². The van der Waals surface area contributed by atoms with Crippen molar-refractivity contribution in [2.75, 3.05) is 13.1 Å². The van der Waals surface area contributed by atoms with E-state index in [4.69, 9.17) is 0 Å². The topological polar surface area (TPSA) is 61.4 Å². The molecule has 2 aliphatic heterocycles. The lowest BCUT2D eigenvalue weighted by atomic mass is 9.84. The van der Waals surface area contributed by atoms with Gasteiger partial charge < -0.3 is 15.5 Å². The molecule has 2 unspecified atom stereocenters. The van der Waals surface area contributed by atoms with Gasteiger partial charge in [0.25, 0.3) is 0 Å². The lowest BCUT2D eigenvalue weighted by Gasteiger charge is -2.35. The lowest BCUT2D eigenvalue weighted by Crippen LogP contribution is -2.47. The van der Waals surface area contributed by atoms with E-state index in [-0.39, 0.29) is 17.9 Å². The van der Waals surface area contributed by atoms with E-state index in [0.717, 1.165) is 51.6 Å². The lowest BCUT2D eigenvalue weighted by molar-refractivity contribution is -0.139. The highest BCUT2D eigenvalue weighted by Gasteiger charge is 2.41. The van der Waals surface area contributed by atoms with Crippen molar-refractivity contribution in [3.8, 4) is 0 Å². The molecule has 2 heterocycles. The second-order valence-electron chi connectivity index (χ2n) is 9.45. The molecule has 4 aliphatic rings. The van der Waals surface area contributed by atoms with Crippen LogP contribution in [0, 0.1) is 11.8 Å². The summed E-state index contributed by atoms with van der Waals surface area (Å²) in [4.78, 5) is 27.8. The maximum absolute atomic E-state index is 13.2. The van der Waals surface area contributed by atoms with E-state index >= 15 is 0 Å². The molecule has 4 rings (SSSR count). The zero-order valence-corrected chi connectivity index (χ0v) is 16.8. The molecule has 5 heteroatoms. The van der Waals surface area contributed by atoms with Gasteiger partial charge in [0.1, 0.15) is 0 Å². The number of fused-ring (bicyclic) bond motifs is 2. The van der Waals surface area contributed by atoms with Crippen LogP contribution in [0.3, 0.4) is 0 Å². The largest absolute Gasteiger partial charge is 0.353 e. The first-order valence-electron chi connectivity index (χ1n) is 11.5. The standard InChI is InChI=1S/C22H37N3O2/c26-21(14-16-4-2-1-3-5-16)24-18-8-6-17(7-9-18)22(27)25-19-10-11-20(25)15-23-13-12-19/h16-20,23H,1-15H2,(H,24,26). The monoisotopic (exact) mass is 375 g/mol. The molecule has 5 nitrogen and oxygen atoms in total. The molecule has 0 aromatic heterocycles. The number of nitrogens with zero attached hydrogens (tertiary/aromatic N) is 1. The van der Waals surface area contributed by atoms with Crippen LogP contribution >= 0.6 is 0 Å². The highest BCUT2D eigenvalue weighted by molar-refractivity contribution is 5.80. The molecule has 2 saturated carbocycles. The average Bonchev–Trinajstić information content (AvgIpc) is 2.95. The second kappa shape index (κ2) is 8.93. The third kappa shape index (κ3) is 4.67. The quantitative estimate of drug-likeness (QED) is 0.794. The maximum atomic E-state index is 13.2. The van der Waals surface area contributed by atoms with E-state index in [1.165, 1.54) is 38.5 Å². The van der Waals surface area contributed by atoms with Crippen molar-refractivity contribution in [2.45, 2.75) is 102 Å². The van der Waals surface area contributed by atoms with Gasteiger partial charge in [-0.15, -0.1) is 0 Å². The van der Waals surface area contributed by atoms with Crippen LogP contribution in [0.2, 0.25) is 0 Å². The van der Waals surface area contributed by atoms with Crippen molar-refractivity contribution in [1.82, 2.24) is 15.5 Å². The molecular formula is C22H37N3O2.